The monoisotopic (exact) mass is 299 g/mol. The van der Waals surface area contributed by atoms with Crippen LogP contribution in [0.1, 0.15) is 5.56 Å². The summed E-state index contributed by atoms with van der Waals surface area (Å²) >= 11 is 5.14. The molecule has 5 nitrogen and oxygen atoms in total. The number of aromatic nitrogens is 4. The average Bonchev–Trinajstić information content (AvgIpc) is 2.88. The summed E-state index contributed by atoms with van der Waals surface area (Å²) in [6.45, 7) is 0. The number of hydrogen-bond acceptors (Lipinski definition) is 4. The summed E-state index contributed by atoms with van der Waals surface area (Å²) in [4.78, 5) is 4.03. The summed E-state index contributed by atoms with van der Waals surface area (Å²) in [5.74, 6) is 0.167. The Kier molecular flexibility index (Phi) is 3.65. The molecule has 0 bridgehead atoms. The van der Waals surface area contributed by atoms with E-state index in [1.165, 1.54) is 17.0 Å². The van der Waals surface area contributed by atoms with E-state index in [1.54, 1.807) is 36.7 Å². The number of aromatic amines is 1. The normalized spacial score (nSPS) is 11.1. The molecule has 0 aliphatic heterocycles. The summed E-state index contributed by atoms with van der Waals surface area (Å²) in [5, 5.41) is 11.0. The quantitative estimate of drug-likeness (QED) is 0.597. The third kappa shape index (κ3) is 2.77. The number of hydrogen-bond donors (Lipinski definition) is 1. The molecule has 0 atom stereocenters. The van der Waals surface area contributed by atoms with Crippen LogP contribution in [-0.2, 0) is 0 Å². The maximum atomic E-state index is 13.6. The van der Waals surface area contributed by atoms with Gasteiger partial charge < -0.3 is 0 Å². The maximum absolute atomic E-state index is 13.6. The lowest BCUT2D eigenvalue weighted by molar-refractivity contribution is 0.625. The zero-order valence-electron chi connectivity index (χ0n) is 10.8. The van der Waals surface area contributed by atoms with Crippen LogP contribution in [0.2, 0.25) is 0 Å². The first-order valence-corrected chi connectivity index (χ1v) is 6.53. The first kappa shape index (κ1) is 13.3. The molecule has 7 heteroatoms. The summed E-state index contributed by atoms with van der Waals surface area (Å²) in [7, 11) is 0. The Morgan fingerprint density at radius 2 is 2.10 bits per heavy atom. The van der Waals surface area contributed by atoms with Crippen LogP contribution in [-0.4, -0.2) is 26.1 Å². The molecule has 0 fully saturated rings. The van der Waals surface area contributed by atoms with Gasteiger partial charge in [-0.15, -0.1) is 0 Å². The molecular weight excluding hydrogens is 289 g/mol. The standard InChI is InChI=1S/C14H10FN5S/c15-12-6-2-1-4-10(12)9-17-20-13(18-19-14(20)21)11-5-3-7-16-8-11/h1-9H,(H,19,21). The molecule has 1 aromatic carbocycles. The van der Waals surface area contributed by atoms with Gasteiger partial charge in [-0.1, -0.05) is 18.2 Å². The average molecular weight is 299 g/mol. The van der Waals surface area contributed by atoms with Gasteiger partial charge >= 0.3 is 0 Å². The van der Waals surface area contributed by atoms with Crippen molar-refractivity contribution in [2.24, 2.45) is 5.10 Å². The Morgan fingerprint density at radius 1 is 1.24 bits per heavy atom. The number of H-pyrrole nitrogens is 1. The van der Waals surface area contributed by atoms with Crippen molar-refractivity contribution in [2.75, 3.05) is 0 Å². The van der Waals surface area contributed by atoms with Crippen molar-refractivity contribution in [1.82, 2.24) is 19.9 Å². The number of rotatable bonds is 3. The van der Waals surface area contributed by atoms with Gasteiger partial charge in [0, 0.05) is 23.5 Å². The molecule has 21 heavy (non-hydrogen) atoms. The predicted octanol–water partition coefficient (Wildman–Crippen LogP) is 3.02. The van der Waals surface area contributed by atoms with Gasteiger partial charge in [0.05, 0.1) is 6.21 Å². The van der Waals surface area contributed by atoms with Gasteiger partial charge in [-0.25, -0.2) is 9.49 Å². The lowest BCUT2D eigenvalue weighted by Crippen LogP contribution is -1.96. The highest BCUT2D eigenvalue weighted by molar-refractivity contribution is 7.71. The van der Waals surface area contributed by atoms with E-state index in [9.17, 15) is 4.39 Å². The molecule has 0 aliphatic carbocycles. The Bertz CT molecular complexity index is 838. The smallest absolute Gasteiger partial charge is 0.216 e. The summed E-state index contributed by atoms with van der Waals surface area (Å²) in [5.41, 5.74) is 1.13. The largest absolute Gasteiger partial charge is 0.264 e. The van der Waals surface area contributed by atoms with Crippen molar-refractivity contribution in [3.8, 4) is 11.4 Å². The van der Waals surface area contributed by atoms with E-state index in [4.69, 9.17) is 12.2 Å². The molecule has 0 amide bonds. The molecule has 0 saturated heterocycles. The first-order valence-electron chi connectivity index (χ1n) is 6.12. The van der Waals surface area contributed by atoms with Crippen molar-refractivity contribution in [2.45, 2.75) is 0 Å². The van der Waals surface area contributed by atoms with Crippen molar-refractivity contribution >= 4 is 18.4 Å². The Morgan fingerprint density at radius 3 is 2.86 bits per heavy atom. The molecule has 104 valence electrons. The van der Waals surface area contributed by atoms with E-state index in [2.05, 4.69) is 20.3 Å². The molecule has 0 radical (unpaired) electrons. The fourth-order valence-electron chi connectivity index (χ4n) is 1.78. The number of benzene rings is 1. The lowest BCUT2D eigenvalue weighted by atomic mass is 10.2. The molecule has 0 spiro atoms. The van der Waals surface area contributed by atoms with Crippen LogP contribution in [0, 0.1) is 10.6 Å². The van der Waals surface area contributed by atoms with Gasteiger partial charge in [-0.3, -0.25) is 4.98 Å². The van der Waals surface area contributed by atoms with E-state index < -0.39 is 0 Å². The minimum absolute atomic E-state index is 0.321. The van der Waals surface area contributed by atoms with Gasteiger partial charge in [-0.05, 0) is 30.4 Å². The second-order valence-corrected chi connectivity index (χ2v) is 4.56. The SMILES string of the molecule is Fc1ccccc1C=Nn1c(-c2cccnc2)n[nH]c1=S. The predicted molar refractivity (Wildman–Crippen MR) is 80.0 cm³/mol. The summed E-state index contributed by atoms with van der Waals surface area (Å²) < 4.78 is 15.3. The third-order valence-corrected chi connectivity index (χ3v) is 3.05. The lowest BCUT2D eigenvalue weighted by Gasteiger charge is -2.00. The van der Waals surface area contributed by atoms with Gasteiger partial charge in [0.25, 0.3) is 0 Å². The van der Waals surface area contributed by atoms with Crippen LogP contribution in [0.15, 0.2) is 53.9 Å². The van der Waals surface area contributed by atoms with Crippen LogP contribution in [0.5, 0.6) is 0 Å². The fraction of sp³-hybridized carbons (Fsp3) is 0. The maximum Gasteiger partial charge on any atom is 0.216 e. The molecular formula is C14H10FN5S. The van der Waals surface area contributed by atoms with Crippen LogP contribution in [0.25, 0.3) is 11.4 Å². The van der Waals surface area contributed by atoms with Crippen LogP contribution >= 0.6 is 12.2 Å². The highest BCUT2D eigenvalue weighted by Gasteiger charge is 2.07. The third-order valence-electron chi connectivity index (χ3n) is 2.79. The molecule has 0 aliphatic rings. The van der Waals surface area contributed by atoms with Gasteiger partial charge in [0.2, 0.25) is 4.77 Å². The van der Waals surface area contributed by atoms with Crippen molar-refractivity contribution in [3.05, 3.63) is 64.9 Å². The second kappa shape index (κ2) is 5.76. The number of nitrogens with zero attached hydrogens (tertiary/aromatic N) is 4. The molecule has 2 aromatic heterocycles. The number of pyridine rings is 1. The summed E-state index contributed by atoms with van der Waals surface area (Å²) in [6.07, 6.45) is 4.72. The number of nitrogens with one attached hydrogen (secondary N) is 1. The summed E-state index contributed by atoms with van der Waals surface area (Å²) in [6, 6.07) is 9.99. The Balaban J connectivity index is 2.02. The van der Waals surface area contributed by atoms with E-state index in [0.29, 0.717) is 16.2 Å². The Hall–Kier alpha value is -2.67. The first-order chi connectivity index (χ1) is 10.3. The molecule has 3 rings (SSSR count). The van der Waals surface area contributed by atoms with Crippen molar-refractivity contribution in [3.63, 3.8) is 0 Å². The molecule has 0 saturated carbocycles. The van der Waals surface area contributed by atoms with Crippen LogP contribution in [0.3, 0.4) is 0 Å². The zero-order chi connectivity index (χ0) is 14.7. The molecule has 3 aromatic rings. The topological polar surface area (TPSA) is 58.9 Å². The van der Waals surface area contributed by atoms with Gasteiger partial charge in [0.1, 0.15) is 5.82 Å². The van der Waals surface area contributed by atoms with Crippen molar-refractivity contribution < 1.29 is 4.39 Å². The van der Waals surface area contributed by atoms with E-state index >= 15 is 0 Å². The zero-order valence-corrected chi connectivity index (χ0v) is 11.6. The highest BCUT2D eigenvalue weighted by atomic mass is 32.1. The Labute approximate surface area is 124 Å². The van der Waals surface area contributed by atoms with E-state index in [0.717, 1.165) is 5.56 Å². The minimum atomic E-state index is -0.348. The van der Waals surface area contributed by atoms with E-state index in [1.807, 2.05) is 6.07 Å². The van der Waals surface area contributed by atoms with Gasteiger partial charge in [0.15, 0.2) is 5.82 Å². The molecule has 0 unspecified atom stereocenters. The van der Waals surface area contributed by atoms with Crippen molar-refractivity contribution in [1.29, 1.82) is 0 Å². The molecule has 1 N–H and O–H groups in total. The van der Waals surface area contributed by atoms with Crippen LogP contribution < -0.4 is 0 Å². The fourth-order valence-corrected chi connectivity index (χ4v) is 1.96. The second-order valence-electron chi connectivity index (χ2n) is 4.17. The molecule has 2 heterocycles. The minimum Gasteiger partial charge on any atom is -0.264 e. The van der Waals surface area contributed by atoms with Gasteiger partial charge in [-0.2, -0.15) is 14.9 Å². The van der Waals surface area contributed by atoms with E-state index in [-0.39, 0.29) is 5.82 Å². The number of halogens is 1. The van der Waals surface area contributed by atoms with Crippen LogP contribution in [0.4, 0.5) is 4.39 Å². The highest BCUT2D eigenvalue weighted by Crippen LogP contribution is 2.15.